The van der Waals surface area contributed by atoms with Gasteiger partial charge in [0.25, 0.3) is 0 Å². The third-order valence-electron chi connectivity index (χ3n) is 0. The molecule has 2 radical (unpaired) electrons. The Kier molecular flexibility index (Phi) is 21.2. The molecule has 0 aliphatic carbocycles. The van der Waals surface area contributed by atoms with E-state index in [1.54, 1.807) is 0 Å². The molecule has 0 atom stereocenters. The molecule has 0 amide bonds. The Morgan fingerprint density at radius 3 is 1.25 bits per heavy atom. The van der Waals surface area contributed by atoms with Crippen molar-refractivity contribution in [3.63, 3.8) is 0 Å². The van der Waals surface area contributed by atoms with Gasteiger partial charge in [-0.3, -0.25) is 0 Å². The minimum atomic E-state index is -0.106. The Labute approximate surface area is 61.5 Å². The fraction of sp³-hybridized carbons (Fsp3) is 0. The van der Waals surface area contributed by atoms with Crippen molar-refractivity contribution in [3.8, 4) is 0 Å². The van der Waals surface area contributed by atoms with E-state index in [1.807, 2.05) is 0 Å². The number of hydrogen-bond acceptors (Lipinski definition) is 0. The van der Waals surface area contributed by atoms with E-state index in [1.165, 1.54) is 0 Å². The van der Waals surface area contributed by atoms with Crippen molar-refractivity contribution < 1.29 is 15.9 Å². The summed E-state index contributed by atoms with van der Waals surface area (Å²) in [7, 11) is 9.63. The molecule has 0 heterocycles. The second kappa shape index (κ2) is 8.94. The quantitative estimate of drug-likeness (QED) is 0.531. The molecule has 30 valence electrons. The van der Waals surface area contributed by atoms with Gasteiger partial charge in [-0.25, -0.2) is 0 Å². The van der Waals surface area contributed by atoms with E-state index in [9.17, 15) is 0 Å². The molecule has 4 heteroatoms. The Balaban J connectivity index is 0. The molecule has 0 nitrogen and oxygen atoms in total. The van der Waals surface area contributed by atoms with Crippen LogP contribution in [0.3, 0.4) is 0 Å². The van der Waals surface area contributed by atoms with Crippen LogP contribution in [0.5, 0.6) is 0 Å². The fourth-order valence-corrected chi connectivity index (χ4v) is 0. The van der Waals surface area contributed by atoms with E-state index in [2.05, 4.69) is 0 Å². The molecule has 0 aliphatic rings. The van der Waals surface area contributed by atoms with Crippen LogP contribution in [0, 0.1) is 0 Å². The van der Waals surface area contributed by atoms with Gasteiger partial charge in [-0.2, -0.15) is 0 Å². The molecule has 0 aromatic heterocycles. The van der Waals surface area contributed by atoms with E-state index < -0.39 is 0 Å². The first-order chi connectivity index (χ1) is 1.41. The molecule has 0 unspecified atom stereocenters. The van der Waals surface area contributed by atoms with Crippen LogP contribution in [0.4, 0.5) is 0 Å². The maximum absolute atomic E-state index is 4.81. The average Bonchev–Trinajstić information content (AvgIpc) is 0.918. The summed E-state index contributed by atoms with van der Waals surface area (Å²) in [5, 5.41) is 0. The second-order valence-corrected chi connectivity index (χ2v) is 2.41. The molecule has 0 bridgehead atoms. The number of rotatable bonds is 0. The van der Waals surface area contributed by atoms with Gasteiger partial charge in [-0.05, 0) is 0 Å². The molecule has 0 aromatic rings. The summed E-state index contributed by atoms with van der Waals surface area (Å²) >= 11 is -0.106. The van der Waals surface area contributed by atoms with Crippen molar-refractivity contribution in [2.45, 2.75) is 0 Å². The zero-order valence-electron chi connectivity index (χ0n) is 1.78. The van der Waals surface area contributed by atoms with Crippen LogP contribution in [-0.2, 0) is 15.9 Å². The minimum absolute atomic E-state index is 0. The average molecular weight is 387 g/mol. The number of hydrogen-bond donors (Lipinski definition) is 0. The van der Waals surface area contributed by atoms with Gasteiger partial charge >= 0.3 is 62.3 Å². The van der Waals surface area contributed by atoms with Crippen LogP contribution in [0.1, 0.15) is 0 Å². The monoisotopic (exact) mass is 386 g/mol. The molecule has 0 rings (SSSR count). The molecule has 0 saturated heterocycles. The second-order valence-electron chi connectivity index (χ2n) is 0.0452. The van der Waals surface area contributed by atoms with Gasteiger partial charge in [0, 0.05) is 0 Å². The predicted molar refractivity (Wildman–Crippen MR) is 20.2 cm³/mol. The van der Waals surface area contributed by atoms with Crippen LogP contribution in [0.2, 0.25) is 0 Å². The van der Waals surface area contributed by atoms with E-state index >= 15 is 0 Å². The van der Waals surface area contributed by atoms with Gasteiger partial charge in [0.2, 0.25) is 0 Å². The molecular weight excluding hydrogens is 385 g/mol. The summed E-state index contributed by atoms with van der Waals surface area (Å²) < 4.78 is 0. The fourth-order valence-electron chi connectivity index (χ4n) is 0. The van der Waals surface area contributed by atoms with Crippen molar-refractivity contribution in [1.82, 2.24) is 0 Å². The summed E-state index contributed by atoms with van der Waals surface area (Å²) in [6.07, 6.45) is 0. The summed E-state index contributed by atoms with van der Waals surface area (Å²) in [6.45, 7) is 0. The predicted octanol–water partition coefficient (Wildman–Crippen LogP) is 0.460. The molecule has 0 spiro atoms. The number of halogens is 2. The molecule has 0 aromatic carbocycles. The molecule has 0 aliphatic heterocycles. The van der Waals surface area contributed by atoms with Gasteiger partial charge in [-0.15, -0.1) is 0 Å². The van der Waals surface area contributed by atoms with Gasteiger partial charge in [-0.1, -0.05) is 0 Å². The van der Waals surface area contributed by atoms with Gasteiger partial charge in [0.05, 0.1) is 0 Å². The van der Waals surface area contributed by atoms with Crippen LogP contribution >= 0.6 is 19.1 Å². The zero-order chi connectivity index (χ0) is 2.71. The van der Waals surface area contributed by atoms with E-state index in [-0.39, 0.29) is 43.2 Å². The summed E-state index contributed by atoms with van der Waals surface area (Å²) in [4.78, 5) is 0. The van der Waals surface area contributed by atoms with E-state index in [4.69, 9.17) is 19.1 Å². The van der Waals surface area contributed by atoms with Crippen LogP contribution in [0.15, 0.2) is 0 Å². The summed E-state index contributed by atoms with van der Waals surface area (Å²) in [5.74, 6) is 0. The third kappa shape index (κ3) is 8.90. The Morgan fingerprint density at radius 1 is 1.25 bits per heavy atom. The SMILES string of the molecule is [Cl][Pd][Cl].[PbH2]. The van der Waals surface area contributed by atoms with Gasteiger partial charge in [0.15, 0.2) is 0 Å². The van der Waals surface area contributed by atoms with Crippen molar-refractivity contribution in [1.29, 1.82) is 0 Å². The van der Waals surface area contributed by atoms with E-state index in [0.717, 1.165) is 0 Å². The standard InChI is InChI=1S/2ClH.Pb.Pd.2H/h2*1H;;;;/q;;;+2;;/p-2. The molecule has 4 heavy (non-hydrogen) atoms. The summed E-state index contributed by atoms with van der Waals surface area (Å²) in [6, 6.07) is 0. The van der Waals surface area contributed by atoms with Gasteiger partial charge in [0.1, 0.15) is 0 Å². The van der Waals surface area contributed by atoms with Crippen LogP contribution in [0.25, 0.3) is 0 Å². The van der Waals surface area contributed by atoms with Gasteiger partial charge < -0.3 is 0 Å². The molecule has 0 N–H and O–H groups in total. The van der Waals surface area contributed by atoms with E-state index in [0.29, 0.717) is 0 Å². The van der Waals surface area contributed by atoms with Crippen molar-refractivity contribution in [3.05, 3.63) is 0 Å². The Bertz CT molecular complexity index is 6.00. The first kappa shape index (κ1) is 9.48. The molecular formula is H2Cl2PbPd. The van der Waals surface area contributed by atoms with Crippen LogP contribution < -0.4 is 0 Å². The maximum atomic E-state index is 4.81. The third-order valence-corrected chi connectivity index (χ3v) is 0. The van der Waals surface area contributed by atoms with Crippen molar-refractivity contribution in [2.75, 3.05) is 0 Å². The Morgan fingerprint density at radius 2 is 1.25 bits per heavy atom. The molecule has 0 fully saturated rings. The Hall–Kier alpha value is 2.16. The topological polar surface area (TPSA) is 0 Å². The first-order valence-electron chi connectivity index (χ1n) is 0.239. The van der Waals surface area contributed by atoms with Crippen molar-refractivity contribution in [2.24, 2.45) is 0 Å². The normalized spacial score (nSPS) is 5.50. The van der Waals surface area contributed by atoms with Crippen LogP contribution in [-0.4, -0.2) is 27.3 Å². The zero-order valence-corrected chi connectivity index (χ0v) is 10.3. The molecule has 0 saturated carbocycles. The van der Waals surface area contributed by atoms with Crippen molar-refractivity contribution >= 4 is 46.4 Å². The first-order valence-corrected chi connectivity index (χ1v) is 4.24. The summed E-state index contributed by atoms with van der Waals surface area (Å²) in [5.41, 5.74) is 0.